The number of halogens is 1. The standard InChI is InChI=1S/C31H37FN2O3S/c1-3-4-5-6-7-23-8-10-25(11-9-23)31(36)33(19-20-37-2)22-29(35)34-18-16-28-27(17-21-38-28)30(34)24-12-14-26(32)15-13-24/h8-15,17,21,30H,3-7,16,18-20,22H2,1-2H3. The fourth-order valence-corrected chi connectivity index (χ4v) is 5.95. The molecule has 3 aromatic rings. The van der Waals surface area contributed by atoms with Gasteiger partial charge in [0.1, 0.15) is 12.4 Å². The van der Waals surface area contributed by atoms with Gasteiger partial charge >= 0.3 is 0 Å². The molecule has 0 saturated carbocycles. The molecule has 2 amide bonds. The van der Waals surface area contributed by atoms with Gasteiger partial charge in [-0.3, -0.25) is 9.59 Å². The molecular formula is C31H37FN2O3S. The summed E-state index contributed by atoms with van der Waals surface area (Å²) in [5.41, 5.74) is 3.73. The Morgan fingerprint density at radius 3 is 2.53 bits per heavy atom. The van der Waals surface area contributed by atoms with Crippen LogP contribution in [0.5, 0.6) is 0 Å². The van der Waals surface area contributed by atoms with Crippen molar-refractivity contribution >= 4 is 23.2 Å². The zero-order valence-corrected chi connectivity index (χ0v) is 23.1. The number of carbonyl (C=O) groups excluding carboxylic acids is 2. The molecule has 5 nitrogen and oxygen atoms in total. The van der Waals surface area contributed by atoms with Crippen molar-refractivity contribution < 1.29 is 18.7 Å². The first-order chi connectivity index (χ1) is 18.5. The maximum Gasteiger partial charge on any atom is 0.254 e. The Kier molecular flexibility index (Phi) is 10.1. The van der Waals surface area contributed by atoms with Gasteiger partial charge in [0.2, 0.25) is 5.91 Å². The molecule has 0 bridgehead atoms. The van der Waals surface area contributed by atoms with Crippen LogP contribution in [0.1, 0.15) is 70.6 Å². The van der Waals surface area contributed by atoms with E-state index in [1.807, 2.05) is 40.6 Å². The summed E-state index contributed by atoms with van der Waals surface area (Å²) in [6, 6.07) is 15.8. The average Bonchev–Trinajstić information content (AvgIpc) is 3.42. The number of benzene rings is 2. The lowest BCUT2D eigenvalue weighted by Gasteiger charge is -2.37. The van der Waals surface area contributed by atoms with Crippen LogP contribution in [0.3, 0.4) is 0 Å². The SMILES string of the molecule is CCCCCCc1ccc(C(=O)N(CCOC)CC(=O)N2CCc3sccc3C2c2ccc(F)cc2)cc1. The van der Waals surface area contributed by atoms with Gasteiger partial charge in [-0.25, -0.2) is 4.39 Å². The van der Waals surface area contributed by atoms with E-state index in [4.69, 9.17) is 4.74 Å². The minimum absolute atomic E-state index is 0.0435. The van der Waals surface area contributed by atoms with Crippen molar-refractivity contribution in [3.8, 4) is 0 Å². The van der Waals surface area contributed by atoms with Crippen LogP contribution in [0.15, 0.2) is 60.0 Å². The number of hydrogen-bond donors (Lipinski definition) is 0. The number of amides is 2. The van der Waals surface area contributed by atoms with E-state index in [1.165, 1.54) is 41.8 Å². The molecule has 0 N–H and O–H groups in total. The third-order valence-corrected chi connectivity index (χ3v) is 8.17. The van der Waals surface area contributed by atoms with Crippen LogP contribution in [-0.2, 0) is 22.4 Å². The lowest BCUT2D eigenvalue weighted by Crippen LogP contribution is -2.47. The van der Waals surface area contributed by atoms with Gasteiger partial charge in [0.15, 0.2) is 0 Å². The molecule has 4 rings (SSSR count). The van der Waals surface area contributed by atoms with E-state index in [0.717, 1.165) is 30.4 Å². The second kappa shape index (κ2) is 13.7. The monoisotopic (exact) mass is 536 g/mol. The van der Waals surface area contributed by atoms with E-state index >= 15 is 0 Å². The number of ether oxygens (including phenoxy) is 1. The highest BCUT2D eigenvalue weighted by Crippen LogP contribution is 2.38. The lowest BCUT2D eigenvalue weighted by atomic mass is 9.93. The van der Waals surface area contributed by atoms with Crippen molar-refractivity contribution in [2.24, 2.45) is 0 Å². The molecule has 0 spiro atoms. The van der Waals surface area contributed by atoms with Gasteiger partial charge in [-0.05, 0) is 71.7 Å². The number of thiophene rings is 1. The third kappa shape index (κ3) is 6.88. The van der Waals surface area contributed by atoms with E-state index < -0.39 is 0 Å². The summed E-state index contributed by atoms with van der Waals surface area (Å²) >= 11 is 1.68. The van der Waals surface area contributed by atoms with Gasteiger partial charge in [-0.2, -0.15) is 0 Å². The van der Waals surface area contributed by atoms with Crippen LogP contribution < -0.4 is 0 Å². The number of nitrogens with zero attached hydrogens (tertiary/aromatic N) is 2. The highest BCUT2D eigenvalue weighted by Gasteiger charge is 2.34. The van der Waals surface area contributed by atoms with Crippen molar-refractivity contribution in [2.45, 2.75) is 51.5 Å². The number of unbranched alkanes of at least 4 members (excludes halogenated alkanes) is 3. The summed E-state index contributed by atoms with van der Waals surface area (Å²) in [7, 11) is 1.59. The van der Waals surface area contributed by atoms with Gasteiger partial charge in [-0.15, -0.1) is 11.3 Å². The Labute approximate surface area is 229 Å². The normalized spacial score (nSPS) is 14.8. The Balaban J connectivity index is 1.50. The molecule has 202 valence electrons. The molecule has 0 aliphatic carbocycles. The maximum atomic E-state index is 13.7. The van der Waals surface area contributed by atoms with Crippen molar-refractivity contribution in [1.29, 1.82) is 0 Å². The van der Waals surface area contributed by atoms with Crippen LogP contribution >= 0.6 is 11.3 Å². The van der Waals surface area contributed by atoms with E-state index in [2.05, 4.69) is 6.92 Å². The Morgan fingerprint density at radius 2 is 1.82 bits per heavy atom. The predicted octanol–water partition coefficient (Wildman–Crippen LogP) is 6.27. The molecule has 0 saturated heterocycles. The van der Waals surface area contributed by atoms with Crippen molar-refractivity contribution in [2.75, 3.05) is 33.4 Å². The highest BCUT2D eigenvalue weighted by molar-refractivity contribution is 7.10. The van der Waals surface area contributed by atoms with Crippen LogP contribution in [-0.4, -0.2) is 55.0 Å². The third-order valence-electron chi connectivity index (χ3n) is 7.17. The first kappa shape index (κ1) is 28.0. The van der Waals surface area contributed by atoms with Crippen molar-refractivity contribution in [1.82, 2.24) is 9.80 Å². The molecule has 2 heterocycles. The minimum Gasteiger partial charge on any atom is -0.383 e. The molecule has 1 aromatic heterocycles. The van der Waals surface area contributed by atoms with Crippen molar-refractivity contribution in [3.05, 3.63) is 92.9 Å². The number of hydrogen-bond acceptors (Lipinski definition) is 4. The van der Waals surface area contributed by atoms with E-state index in [-0.39, 0.29) is 30.2 Å². The Bertz CT molecular complexity index is 1190. The summed E-state index contributed by atoms with van der Waals surface area (Å²) in [6.45, 7) is 3.36. The average molecular weight is 537 g/mol. The maximum absolute atomic E-state index is 13.7. The van der Waals surface area contributed by atoms with Gasteiger partial charge < -0.3 is 14.5 Å². The number of rotatable bonds is 12. The van der Waals surface area contributed by atoms with Gasteiger partial charge in [0.05, 0.1) is 12.6 Å². The van der Waals surface area contributed by atoms with E-state index in [0.29, 0.717) is 25.3 Å². The molecule has 1 atom stereocenters. The topological polar surface area (TPSA) is 49.9 Å². The first-order valence-corrected chi connectivity index (χ1v) is 14.4. The molecule has 38 heavy (non-hydrogen) atoms. The molecule has 7 heteroatoms. The number of carbonyl (C=O) groups is 2. The zero-order chi connectivity index (χ0) is 26.9. The highest BCUT2D eigenvalue weighted by atomic mass is 32.1. The summed E-state index contributed by atoms with van der Waals surface area (Å²) in [4.78, 5) is 31.9. The fourth-order valence-electron chi connectivity index (χ4n) is 5.05. The van der Waals surface area contributed by atoms with Gasteiger partial charge in [-0.1, -0.05) is 50.5 Å². The van der Waals surface area contributed by atoms with Crippen LogP contribution in [0, 0.1) is 5.82 Å². The van der Waals surface area contributed by atoms with Crippen LogP contribution in [0.25, 0.3) is 0 Å². The molecule has 0 fully saturated rings. The molecule has 0 radical (unpaired) electrons. The zero-order valence-electron chi connectivity index (χ0n) is 22.3. The minimum atomic E-state index is -0.309. The van der Waals surface area contributed by atoms with Gasteiger partial charge in [0, 0.05) is 30.6 Å². The summed E-state index contributed by atoms with van der Waals surface area (Å²) in [6.07, 6.45) is 6.58. The summed E-state index contributed by atoms with van der Waals surface area (Å²) in [5, 5.41) is 2.04. The number of fused-ring (bicyclic) bond motifs is 1. The summed E-state index contributed by atoms with van der Waals surface area (Å²) in [5.74, 6) is -0.621. The van der Waals surface area contributed by atoms with E-state index in [9.17, 15) is 14.0 Å². The molecule has 1 unspecified atom stereocenters. The van der Waals surface area contributed by atoms with Gasteiger partial charge in [0.25, 0.3) is 5.91 Å². The first-order valence-electron chi connectivity index (χ1n) is 13.5. The number of aryl methyl sites for hydroxylation is 1. The molecule has 1 aliphatic heterocycles. The molecule has 1 aliphatic rings. The quantitative estimate of drug-likeness (QED) is 0.256. The second-order valence-electron chi connectivity index (χ2n) is 9.82. The number of methoxy groups -OCH3 is 1. The molecule has 2 aromatic carbocycles. The second-order valence-corrected chi connectivity index (χ2v) is 10.8. The van der Waals surface area contributed by atoms with Crippen LogP contribution in [0.2, 0.25) is 0 Å². The lowest BCUT2D eigenvalue weighted by molar-refractivity contribution is -0.134. The van der Waals surface area contributed by atoms with Crippen molar-refractivity contribution in [3.63, 3.8) is 0 Å². The smallest absolute Gasteiger partial charge is 0.254 e. The fraction of sp³-hybridized carbons (Fsp3) is 0.419. The van der Waals surface area contributed by atoms with Crippen LogP contribution in [0.4, 0.5) is 4.39 Å². The van der Waals surface area contributed by atoms with E-state index in [1.54, 1.807) is 35.5 Å². The summed E-state index contributed by atoms with van der Waals surface area (Å²) < 4.78 is 18.9. The Hall–Kier alpha value is -3.03. The predicted molar refractivity (Wildman–Crippen MR) is 150 cm³/mol. The molecular weight excluding hydrogens is 499 g/mol. The largest absolute Gasteiger partial charge is 0.383 e. The Morgan fingerprint density at radius 1 is 1.05 bits per heavy atom.